The lowest BCUT2D eigenvalue weighted by Crippen LogP contribution is -2.20. The Morgan fingerprint density at radius 1 is 1.29 bits per heavy atom. The van der Waals surface area contributed by atoms with Gasteiger partial charge in [-0.25, -0.2) is 0 Å². The number of ether oxygens (including phenoxy) is 1. The van der Waals surface area contributed by atoms with E-state index < -0.39 is 0 Å². The second-order valence-electron chi connectivity index (χ2n) is 3.44. The maximum atomic E-state index is 9.52. The van der Waals surface area contributed by atoms with E-state index in [4.69, 9.17) is 4.74 Å². The van der Waals surface area contributed by atoms with E-state index in [1.54, 1.807) is 11.8 Å². The number of hydrogen-bond acceptors (Lipinski definition) is 3. The highest BCUT2D eigenvalue weighted by Crippen LogP contribution is 2.24. The van der Waals surface area contributed by atoms with Crippen LogP contribution in [0.1, 0.15) is 5.56 Å². The van der Waals surface area contributed by atoms with E-state index >= 15 is 0 Å². The van der Waals surface area contributed by atoms with E-state index in [2.05, 4.69) is 12.1 Å². The minimum atomic E-state index is -0.288. The second-order valence-corrected chi connectivity index (χ2v) is 4.67. The van der Waals surface area contributed by atoms with Crippen LogP contribution in [0.3, 0.4) is 0 Å². The Bertz CT molecular complexity index is 276. The summed E-state index contributed by atoms with van der Waals surface area (Å²) in [4.78, 5) is 0. The molecule has 1 saturated heterocycles. The molecule has 1 heterocycles. The van der Waals surface area contributed by atoms with Crippen molar-refractivity contribution >= 4 is 11.8 Å². The molecule has 1 aliphatic heterocycles. The second kappa shape index (κ2) is 4.82. The van der Waals surface area contributed by atoms with Crippen molar-refractivity contribution in [3.8, 4) is 0 Å². The van der Waals surface area contributed by atoms with Gasteiger partial charge in [-0.05, 0) is 5.56 Å². The molecule has 0 saturated carbocycles. The predicted octanol–water partition coefficient (Wildman–Crippen LogP) is 1.68. The van der Waals surface area contributed by atoms with Crippen molar-refractivity contribution in [1.29, 1.82) is 0 Å². The SMILES string of the molecule is O[C@@H]1COC[C@H]1SCc1ccccc1. The quantitative estimate of drug-likeness (QED) is 0.823. The monoisotopic (exact) mass is 210 g/mol. The fourth-order valence-corrected chi connectivity index (χ4v) is 2.55. The molecule has 14 heavy (non-hydrogen) atoms. The molecule has 1 aromatic rings. The standard InChI is InChI=1S/C11H14O2S/c12-10-6-13-7-11(10)14-8-9-4-2-1-3-5-9/h1-5,10-12H,6-8H2/t10-,11-/m1/s1. The van der Waals surface area contributed by atoms with Crippen molar-refractivity contribution < 1.29 is 9.84 Å². The van der Waals surface area contributed by atoms with Crippen LogP contribution in [-0.4, -0.2) is 29.7 Å². The zero-order valence-corrected chi connectivity index (χ0v) is 8.74. The number of rotatable bonds is 3. The number of benzene rings is 1. The molecule has 0 aromatic heterocycles. The molecule has 3 heteroatoms. The number of hydrogen-bond donors (Lipinski definition) is 1. The summed E-state index contributed by atoms with van der Waals surface area (Å²) in [6, 6.07) is 10.3. The van der Waals surface area contributed by atoms with Gasteiger partial charge in [-0.15, -0.1) is 11.8 Å². The maximum Gasteiger partial charge on any atom is 0.0914 e. The molecule has 1 fully saturated rings. The summed E-state index contributed by atoms with van der Waals surface area (Å²) in [5.41, 5.74) is 1.30. The normalized spacial score (nSPS) is 26.6. The van der Waals surface area contributed by atoms with Crippen molar-refractivity contribution in [2.24, 2.45) is 0 Å². The molecule has 1 aromatic carbocycles. The fourth-order valence-electron chi connectivity index (χ4n) is 1.46. The average molecular weight is 210 g/mol. The lowest BCUT2D eigenvalue weighted by molar-refractivity contribution is 0.127. The van der Waals surface area contributed by atoms with Crippen LogP contribution in [0.5, 0.6) is 0 Å². The summed E-state index contributed by atoms with van der Waals surface area (Å²) in [7, 11) is 0. The number of aliphatic hydroxyl groups is 1. The van der Waals surface area contributed by atoms with E-state index in [0.717, 1.165) is 5.75 Å². The summed E-state index contributed by atoms with van der Waals surface area (Å²) in [5, 5.41) is 9.77. The summed E-state index contributed by atoms with van der Waals surface area (Å²) >= 11 is 1.77. The van der Waals surface area contributed by atoms with Gasteiger partial charge in [0.25, 0.3) is 0 Å². The highest BCUT2D eigenvalue weighted by molar-refractivity contribution is 7.99. The van der Waals surface area contributed by atoms with Crippen LogP contribution in [0.25, 0.3) is 0 Å². The lowest BCUT2D eigenvalue weighted by Gasteiger charge is -2.11. The zero-order chi connectivity index (χ0) is 9.80. The Labute approximate surface area is 88.3 Å². The molecular formula is C11H14O2S. The van der Waals surface area contributed by atoms with Gasteiger partial charge in [-0.3, -0.25) is 0 Å². The minimum absolute atomic E-state index is 0.246. The topological polar surface area (TPSA) is 29.5 Å². The van der Waals surface area contributed by atoms with Crippen molar-refractivity contribution in [1.82, 2.24) is 0 Å². The first-order valence-electron chi connectivity index (χ1n) is 4.77. The first-order valence-corrected chi connectivity index (χ1v) is 5.82. The van der Waals surface area contributed by atoms with Gasteiger partial charge < -0.3 is 9.84 Å². The van der Waals surface area contributed by atoms with Crippen LogP contribution in [0.15, 0.2) is 30.3 Å². The van der Waals surface area contributed by atoms with Crippen molar-refractivity contribution in [3.05, 3.63) is 35.9 Å². The van der Waals surface area contributed by atoms with Gasteiger partial charge in [0, 0.05) is 5.75 Å². The molecule has 2 atom stereocenters. The van der Waals surface area contributed by atoms with Crippen molar-refractivity contribution in [2.75, 3.05) is 13.2 Å². The van der Waals surface area contributed by atoms with E-state index in [-0.39, 0.29) is 11.4 Å². The van der Waals surface area contributed by atoms with Crippen molar-refractivity contribution in [2.45, 2.75) is 17.1 Å². The third-order valence-corrected chi connectivity index (χ3v) is 3.69. The van der Waals surface area contributed by atoms with Gasteiger partial charge in [-0.1, -0.05) is 30.3 Å². The Hall–Kier alpha value is -0.510. The number of aliphatic hydroxyl groups excluding tert-OH is 1. The molecular weight excluding hydrogens is 196 g/mol. The average Bonchev–Trinajstić information content (AvgIpc) is 2.63. The highest BCUT2D eigenvalue weighted by Gasteiger charge is 2.26. The molecule has 1 aliphatic rings. The van der Waals surface area contributed by atoms with Gasteiger partial charge in [0.2, 0.25) is 0 Å². The van der Waals surface area contributed by atoms with Gasteiger partial charge in [0.05, 0.1) is 24.6 Å². The highest BCUT2D eigenvalue weighted by atomic mass is 32.2. The Balaban J connectivity index is 1.82. The molecule has 0 aliphatic carbocycles. The molecule has 76 valence electrons. The molecule has 2 nitrogen and oxygen atoms in total. The van der Waals surface area contributed by atoms with Crippen molar-refractivity contribution in [3.63, 3.8) is 0 Å². The largest absolute Gasteiger partial charge is 0.389 e. The summed E-state index contributed by atoms with van der Waals surface area (Å²) in [5.74, 6) is 0.950. The molecule has 0 spiro atoms. The summed E-state index contributed by atoms with van der Waals surface area (Å²) in [6.45, 7) is 1.17. The molecule has 0 radical (unpaired) electrons. The number of thioether (sulfide) groups is 1. The van der Waals surface area contributed by atoms with Gasteiger partial charge >= 0.3 is 0 Å². The first-order chi connectivity index (χ1) is 6.86. The first kappa shape index (κ1) is 10.0. The zero-order valence-electron chi connectivity index (χ0n) is 7.93. The van der Waals surface area contributed by atoms with Gasteiger partial charge in [0.1, 0.15) is 0 Å². The fraction of sp³-hybridized carbons (Fsp3) is 0.455. The van der Waals surface area contributed by atoms with E-state index in [9.17, 15) is 5.11 Å². The molecule has 0 amide bonds. The van der Waals surface area contributed by atoms with E-state index in [1.165, 1.54) is 5.56 Å². The lowest BCUT2D eigenvalue weighted by atomic mass is 10.2. The Morgan fingerprint density at radius 2 is 2.07 bits per heavy atom. The Morgan fingerprint density at radius 3 is 2.71 bits per heavy atom. The molecule has 1 N–H and O–H groups in total. The predicted molar refractivity (Wildman–Crippen MR) is 58.4 cm³/mol. The van der Waals surface area contributed by atoms with Crippen LogP contribution in [-0.2, 0) is 10.5 Å². The molecule has 0 unspecified atom stereocenters. The van der Waals surface area contributed by atoms with E-state index in [1.807, 2.05) is 18.2 Å². The third-order valence-electron chi connectivity index (χ3n) is 2.31. The summed E-state index contributed by atoms with van der Waals surface area (Å²) < 4.78 is 5.19. The third kappa shape index (κ3) is 2.50. The van der Waals surface area contributed by atoms with E-state index in [0.29, 0.717) is 13.2 Å². The maximum absolute atomic E-state index is 9.52. The molecule has 2 rings (SSSR count). The van der Waals surface area contributed by atoms with Crippen LogP contribution in [0.4, 0.5) is 0 Å². The Kier molecular flexibility index (Phi) is 3.45. The summed E-state index contributed by atoms with van der Waals surface area (Å²) in [6.07, 6.45) is -0.288. The smallest absolute Gasteiger partial charge is 0.0914 e. The van der Waals surface area contributed by atoms with Crippen LogP contribution in [0, 0.1) is 0 Å². The van der Waals surface area contributed by atoms with Crippen LogP contribution >= 0.6 is 11.8 Å². The van der Waals surface area contributed by atoms with Gasteiger partial charge in [-0.2, -0.15) is 0 Å². The van der Waals surface area contributed by atoms with Crippen LogP contribution < -0.4 is 0 Å². The van der Waals surface area contributed by atoms with Gasteiger partial charge in [0.15, 0.2) is 0 Å². The minimum Gasteiger partial charge on any atom is -0.389 e. The van der Waals surface area contributed by atoms with Crippen LogP contribution in [0.2, 0.25) is 0 Å². The molecule has 0 bridgehead atoms.